The minimum Gasteiger partial charge on any atom is -0.508 e. The quantitative estimate of drug-likeness (QED) is 0.257. The predicted octanol–water partition coefficient (Wildman–Crippen LogP) is 4.88. The summed E-state index contributed by atoms with van der Waals surface area (Å²) in [6.07, 6.45) is 3.72. The molecule has 1 fully saturated rings. The molecule has 1 N–H and O–H groups in total. The molecule has 0 bridgehead atoms. The highest BCUT2D eigenvalue weighted by atomic mass is 35.5. The van der Waals surface area contributed by atoms with E-state index in [9.17, 15) is 29.1 Å². The number of hydrogen-bond acceptors (Lipinski definition) is 6. The van der Waals surface area contributed by atoms with Gasteiger partial charge in [0.25, 0.3) is 0 Å². The Morgan fingerprint density at radius 2 is 1.72 bits per heavy atom. The smallest absolute Gasteiger partial charge is 0.238 e. The van der Waals surface area contributed by atoms with Crippen molar-refractivity contribution in [2.45, 2.75) is 32.6 Å². The van der Waals surface area contributed by atoms with Crippen molar-refractivity contribution in [3.63, 3.8) is 0 Å². The van der Waals surface area contributed by atoms with Crippen LogP contribution >= 0.6 is 11.6 Å². The molecule has 196 valence electrons. The maximum Gasteiger partial charge on any atom is 0.238 e. The summed E-state index contributed by atoms with van der Waals surface area (Å²) in [4.78, 5) is 67.0. The largest absolute Gasteiger partial charge is 0.508 e. The minimum absolute atomic E-state index is 0.0345. The Balaban J connectivity index is 1.46. The second-order valence-corrected chi connectivity index (χ2v) is 11.0. The number of phenolic OH excluding ortho intramolecular Hbond substituents is 1. The van der Waals surface area contributed by atoms with E-state index in [1.165, 1.54) is 30.0 Å². The van der Waals surface area contributed by atoms with Crippen LogP contribution in [0.15, 0.2) is 76.9 Å². The van der Waals surface area contributed by atoms with Crippen molar-refractivity contribution in [1.29, 1.82) is 0 Å². The molecule has 6 rings (SSSR count). The molecule has 4 atom stereocenters. The summed E-state index contributed by atoms with van der Waals surface area (Å²) >= 11 is 6.56. The zero-order valence-corrected chi connectivity index (χ0v) is 22.0. The SMILES string of the molecule is CC(=O)c1ccc(N2C(=O)C3CC=C4C(c5ccc(O)cc5Cl)C5=C(CC4C3C2=O)C(=O)C(C)=CC5=O)cc1. The molecule has 0 radical (unpaired) electrons. The molecule has 0 aromatic heterocycles. The number of benzene rings is 2. The fourth-order valence-electron chi connectivity index (χ4n) is 6.59. The number of anilines is 1. The first-order valence-corrected chi connectivity index (χ1v) is 13.1. The second-order valence-electron chi connectivity index (χ2n) is 10.5. The van der Waals surface area contributed by atoms with Crippen LogP contribution in [0.5, 0.6) is 5.75 Å². The molecule has 2 amide bonds. The molecule has 39 heavy (non-hydrogen) atoms. The molecule has 0 saturated carbocycles. The van der Waals surface area contributed by atoms with Gasteiger partial charge < -0.3 is 5.11 Å². The van der Waals surface area contributed by atoms with E-state index in [-0.39, 0.29) is 46.4 Å². The molecule has 3 aliphatic carbocycles. The summed E-state index contributed by atoms with van der Waals surface area (Å²) in [6, 6.07) is 10.9. The third-order valence-electron chi connectivity index (χ3n) is 8.39. The maximum absolute atomic E-state index is 13.9. The Kier molecular flexibility index (Phi) is 5.81. The lowest BCUT2D eigenvalue weighted by molar-refractivity contribution is -0.123. The monoisotopic (exact) mass is 541 g/mol. The van der Waals surface area contributed by atoms with Gasteiger partial charge in [-0.1, -0.05) is 29.3 Å². The number of amides is 2. The van der Waals surface area contributed by atoms with Gasteiger partial charge in [0.05, 0.1) is 17.5 Å². The highest BCUT2D eigenvalue weighted by Crippen LogP contribution is 2.56. The Hall–Kier alpha value is -4.10. The number of phenols is 1. The number of ketones is 3. The van der Waals surface area contributed by atoms with Crippen LogP contribution in [-0.4, -0.2) is 34.3 Å². The fourth-order valence-corrected chi connectivity index (χ4v) is 6.87. The number of halogens is 1. The number of carbonyl (C=O) groups excluding carboxylic acids is 5. The van der Waals surface area contributed by atoms with E-state index in [0.717, 1.165) is 5.57 Å². The summed E-state index contributed by atoms with van der Waals surface area (Å²) in [5, 5.41) is 10.2. The van der Waals surface area contributed by atoms with Crippen LogP contribution in [0, 0.1) is 17.8 Å². The number of carbonyl (C=O) groups is 5. The lowest BCUT2D eigenvalue weighted by Crippen LogP contribution is -2.39. The minimum atomic E-state index is -0.716. The van der Waals surface area contributed by atoms with Gasteiger partial charge in [-0.05, 0) is 80.6 Å². The van der Waals surface area contributed by atoms with Crippen LogP contribution in [0.3, 0.4) is 0 Å². The van der Waals surface area contributed by atoms with Gasteiger partial charge in [0.15, 0.2) is 17.3 Å². The normalized spacial score (nSPS) is 26.2. The average Bonchev–Trinajstić information content (AvgIpc) is 3.16. The van der Waals surface area contributed by atoms with Gasteiger partial charge in [0.2, 0.25) is 11.8 Å². The van der Waals surface area contributed by atoms with Gasteiger partial charge in [0, 0.05) is 33.2 Å². The summed E-state index contributed by atoms with van der Waals surface area (Å²) in [5.41, 5.74) is 3.22. The topological polar surface area (TPSA) is 109 Å². The van der Waals surface area contributed by atoms with Crippen molar-refractivity contribution in [2.24, 2.45) is 17.8 Å². The zero-order valence-electron chi connectivity index (χ0n) is 21.2. The van der Waals surface area contributed by atoms with Gasteiger partial charge in [-0.3, -0.25) is 28.9 Å². The Morgan fingerprint density at radius 1 is 1.00 bits per heavy atom. The van der Waals surface area contributed by atoms with Crippen LogP contribution < -0.4 is 4.90 Å². The summed E-state index contributed by atoms with van der Waals surface area (Å²) in [5.74, 6) is -3.86. The average molecular weight is 542 g/mol. The summed E-state index contributed by atoms with van der Waals surface area (Å²) in [6.45, 7) is 3.04. The van der Waals surface area contributed by atoms with Gasteiger partial charge in [0.1, 0.15) is 5.75 Å². The lowest BCUT2D eigenvalue weighted by atomic mass is 9.59. The number of aromatic hydroxyl groups is 1. The molecule has 0 spiro atoms. The van der Waals surface area contributed by atoms with E-state index in [1.807, 2.05) is 6.08 Å². The number of nitrogens with zero attached hydrogens (tertiary/aromatic N) is 1. The third kappa shape index (κ3) is 3.75. The first-order valence-electron chi connectivity index (χ1n) is 12.8. The number of rotatable bonds is 3. The van der Waals surface area contributed by atoms with Gasteiger partial charge in [-0.25, -0.2) is 0 Å². The van der Waals surface area contributed by atoms with Crippen molar-refractivity contribution in [2.75, 3.05) is 4.90 Å². The molecule has 4 unspecified atom stereocenters. The standard InChI is InChI=1S/C31H24ClNO6/c1-14-11-25(36)28-23(29(14)37)13-22-19(26(28)20-8-7-18(35)12-24(20)32)9-10-21-27(22)31(39)33(30(21)38)17-5-3-16(4-6-17)15(2)34/h3-9,11-12,21-22,26-27,35H,10,13H2,1-2H3. The lowest BCUT2D eigenvalue weighted by Gasteiger charge is -2.42. The highest BCUT2D eigenvalue weighted by molar-refractivity contribution is 6.32. The van der Waals surface area contributed by atoms with Crippen molar-refractivity contribution < 1.29 is 29.1 Å². The first kappa shape index (κ1) is 25.2. The molecule has 1 saturated heterocycles. The molecule has 1 heterocycles. The molecular weight excluding hydrogens is 518 g/mol. The second kappa shape index (κ2) is 8.99. The van der Waals surface area contributed by atoms with E-state index in [2.05, 4.69) is 0 Å². The number of imide groups is 1. The molecule has 4 aliphatic rings. The van der Waals surface area contributed by atoms with E-state index >= 15 is 0 Å². The predicted molar refractivity (Wildman–Crippen MR) is 143 cm³/mol. The molecule has 8 heteroatoms. The van der Waals surface area contributed by atoms with E-state index in [4.69, 9.17) is 11.6 Å². The van der Waals surface area contributed by atoms with Crippen LogP contribution in [-0.2, 0) is 19.2 Å². The summed E-state index contributed by atoms with van der Waals surface area (Å²) in [7, 11) is 0. The first-order chi connectivity index (χ1) is 18.6. The highest BCUT2D eigenvalue weighted by Gasteiger charge is 2.56. The molecule has 2 aromatic carbocycles. The van der Waals surface area contributed by atoms with E-state index < -0.39 is 23.7 Å². The van der Waals surface area contributed by atoms with Crippen molar-refractivity contribution in [3.05, 3.63) is 93.1 Å². The number of allylic oxidation sites excluding steroid dienone is 6. The van der Waals surface area contributed by atoms with E-state index in [0.29, 0.717) is 40.0 Å². The number of fused-ring (bicyclic) bond motifs is 3. The van der Waals surface area contributed by atoms with Crippen LogP contribution in [0.2, 0.25) is 5.02 Å². The Morgan fingerprint density at radius 3 is 2.38 bits per heavy atom. The molecular formula is C31H24ClNO6. The third-order valence-corrected chi connectivity index (χ3v) is 8.72. The Bertz CT molecular complexity index is 1610. The van der Waals surface area contributed by atoms with Crippen LogP contribution in [0.25, 0.3) is 0 Å². The van der Waals surface area contributed by atoms with Crippen molar-refractivity contribution >= 4 is 46.5 Å². The number of hydrogen-bond donors (Lipinski definition) is 1. The summed E-state index contributed by atoms with van der Waals surface area (Å²) < 4.78 is 0. The van der Waals surface area contributed by atoms with Gasteiger partial charge in [-0.15, -0.1) is 0 Å². The molecule has 7 nitrogen and oxygen atoms in total. The molecule has 2 aromatic rings. The molecule has 1 aliphatic heterocycles. The maximum atomic E-state index is 13.9. The van der Waals surface area contributed by atoms with Crippen LogP contribution in [0.4, 0.5) is 5.69 Å². The van der Waals surface area contributed by atoms with Crippen molar-refractivity contribution in [1.82, 2.24) is 0 Å². The van der Waals surface area contributed by atoms with Crippen molar-refractivity contribution in [3.8, 4) is 5.75 Å². The van der Waals surface area contributed by atoms with Crippen LogP contribution in [0.1, 0.15) is 48.5 Å². The van der Waals surface area contributed by atoms with Gasteiger partial charge >= 0.3 is 0 Å². The zero-order chi connectivity index (χ0) is 27.7. The number of Topliss-reactive ketones (excluding diaryl/α,β-unsaturated/α-hetero) is 2. The Labute approximate surface area is 229 Å². The van der Waals surface area contributed by atoms with E-state index in [1.54, 1.807) is 37.3 Å². The van der Waals surface area contributed by atoms with Gasteiger partial charge in [-0.2, -0.15) is 0 Å². The fraction of sp³-hybridized carbons (Fsp3) is 0.258.